The third kappa shape index (κ3) is 2.30. The van der Waals surface area contributed by atoms with Crippen molar-refractivity contribution in [2.75, 3.05) is 14.2 Å². The first kappa shape index (κ1) is 11.3. The Morgan fingerprint density at radius 3 is 2.47 bits per heavy atom. The second-order valence-electron chi connectivity index (χ2n) is 3.42. The number of rotatable bonds is 3. The number of carbonyl (C=O) groups is 1. The van der Waals surface area contributed by atoms with Gasteiger partial charge >= 0.3 is 5.97 Å². The molecule has 0 spiro atoms. The average molecular weight is 232 g/mol. The fraction of sp³-hybridized carbons (Fsp3) is 0.154. The Balaban J connectivity index is 2.27. The van der Waals surface area contributed by atoms with E-state index in [1.165, 1.54) is 13.4 Å². The second-order valence-corrected chi connectivity index (χ2v) is 3.42. The predicted molar refractivity (Wildman–Crippen MR) is 62.0 cm³/mol. The van der Waals surface area contributed by atoms with Gasteiger partial charge in [0.15, 0.2) is 0 Å². The molecular formula is C13H12O4. The minimum atomic E-state index is -0.409. The van der Waals surface area contributed by atoms with Gasteiger partial charge in [0, 0.05) is 5.56 Å². The van der Waals surface area contributed by atoms with Crippen LogP contribution in [0.15, 0.2) is 41.0 Å². The van der Waals surface area contributed by atoms with E-state index in [-0.39, 0.29) is 0 Å². The summed E-state index contributed by atoms with van der Waals surface area (Å²) in [7, 11) is 2.94. The second kappa shape index (κ2) is 4.74. The van der Waals surface area contributed by atoms with E-state index < -0.39 is 5.97 Å². The summed E-state index contributed by atoms with van der Waals surface area (Å²) in [5.74, 6) is 0.982. The van der Waals surface area contributed by atoms with Crippen molar-refractivity contribution in [1.82, 2.24) is 0 Å². The zero-order valence-electron chi connectivity index (χ0n) is 9.60. The molecule has 4 heteroatoms. The first-order valence-electron chi connectivity index (χ1n) is 5.06. The lowest BCUT2D eigenvalue weighted by Gasteiger charge is -2.00. The highest BCUT2D eigenvalue weighted by Gasteiger charge is 2.11. The minimum Gasteiger partial charge on any atom is -0.497 e. The molecule has 0 aliphatic rings. The van der Waals surface area contributed by atoms with Crippen molar-refractivity contribution in [3.8, 4) is 17.1 Å². The van der Waals surface area contributed by atoms with Gasteiger partial charge in [-0.1, -0.05) is 0 Å². The fourth-order valence-corrected chi connectivity index (χ4v) is 1.47. The van der Waals surface area contributed by atoms with Gasteiger partial charge in [0.25, 0.3) is 0 Å². The van der Waals surface area contributed by atoms with Crippen molar-refractivity contribution >= 4 is 5.97 Å². The molecule has 0 aliphatic heterocycles. The van der Waals surface area contributed by atoms with Crippen LogP contribution in [0.3, 0.4) is 0 Å². The van der Waals surface area contributed by atoms with Crippen LogP contribution in [0.1, 0.15) is 10.4 Å². The van der Waals surface area contributed by atoms with Gasteiger partial charge in [-0.2, -0.15) is 0 Å². The lowest BCUT2D eigenvalue weighted by atomic mass is 10.1. The Morgan fingerprint density at radius 1 is 1.18 bits per heavy atom. The van der Waals surface area contributed by atoms with Gasteiger partial charge in [0.2, 0.25) is 0 Å². The third-order valence-electron chi connectivity index (χ3n) is 2.40. The van der Waals surface area contributed by atoms with E-state index in [2.05, 4.69) is 4.74 Å². The Hall–Kier alpha value is -2.23. The standard InChI is InChI=1S/C13H12O4/c1-15-11-5-3-9(4-6-11)12-7-10(8-17-12)13(14)16-2/h3-8H,1-2H3. The maximum Gasteiger partial charge on any atom is 0.341 e. The molecule has 0 bridgehead atoms. The quantitative estimate of drug-likeness (QED) is 0.763. The first-order valence-corrected chi connectivity index (χ1v) is 5.06. The maximum absolute atomic E-state index is 11.3. The van der Waals surface area contributed by atoms with Crippen LogP contribution in [-0.4, -0.2) is 20.2 Å². The average Bonchev–Trinajstić information content (AvgIpc) is 2.87. The van der Waals surface area contributed by atoms with E-state index in [0.717, 1.165) is 11.3 Å². The van der Waals surface area contributed by atoms with Crippen molar-refractivity contribution in [3.63, 3.8) is 0 Å². The van der Waals surface area contributed by atoms with Gasteiger partial charge in [-0.3, -0.25) is 0 Å². The van der Waals surface area contributed by atoms with Crippen molar-refractivity contribution in [2.24, 2.45) is 0 Å². The molecule has 0 amide bonds. The van der Waals surface area contributed by atoms with E-state index in [0.29, 0.717) is 11.3 Å². The van der Waals surface area contributed by atoms with Crippen LogP contribution in [0.2, 0.25) is 0 Å². The summed E-state index contributed by atoms with van der Waals surface area (Å²) in [6, 6.07) is 9.02. The molecule has 0 radical (unpaired) electrons. The molecule has 0 unspecified atom stereocenters. The number of furan rings is 1. The third-order valence-corrected chi connectivity index (χ3v) is 2.40. The molecular weight excluding hydrogens is 220 g/mol. The molecule has 17 heavy (non-hydrogen) atoms. The first-order chi connectivity index (χ1) is 8.24. The highest BCUT2D eigenvalue weighted by Crippen LogP contribution is 2.24. The summed E-state index contributed by atoms with van der Waals surface area (Å²) < 4.78 is 15.0. The Kier molecular flexibility index (Phi) is 3.14. The van der Waals surface area contributed by atoms with Crippen LogP contribution in [0.4, 0.5) is 0 Å². The molecule has 0 saturated heterocycles. The van der Waals surface area contributed by atoms with Crippen LogP contribution in [0.5, 0.6) is 5.75 Å². The normalized spacial score (nSPS) is 10.0. The van der Waals surface area contributed by atoms with Crippen molar-refractivity contribution in [3.05, 3.63) is 42.2 Å². The highest BCUT2D eigenvalue weighted by atomic mass is 16.5. The molecule has 88 valence electrons. The van der Waals surface area contributed by atoms with Crippen molar-refractivity contribution in [2.45, 2.75) is 0 Å². The van der Waals surface area contributed by atoms with Gasteiger partial charge < -0.3 is 13.9 Å². The summed E-state index contributed by atoms with van der Waals surface area (Å²) in [5.41, 5.74) is 1.28. The minimum absolute atomic E-state index is 0.401. The van der Waals surface area contributed by atoms with Crippen molar-refractivity contribution in [1.29, 1.82) is 0 Å². The zero-order chi connectivity index (χ0) is 12.3. The van der Waals surface area contributed by atoms with E-state index in [4.69, 9.17) is 9.15 Å². The summed E-state index contributed by atoms with van der Waals surface area (Å²) in [6.07, 6.45) is 1.38. The van der Waals surface area contributed by atoms with E-state index >= 15 is 0 Å². The number of hydrogen-bond donors (Lipinski definition) is 0. The molecule has 1 aromatic carbocycles. The molecule has 0 saturated carbocycles. The van der Waals surface area contributed by atoms with Crippen LogP contribution >= 0.6 is 0 Å². The SMILES string of the molecule is COC(=O)c1coc(-c2ccc(OC)cc2)c1. The summed E-state index contributed by atoms with van der Waals surface area (Å²) in [4.78, 5) is 11.3. The van der Waals surface area contributed by atoms with Crippen LogP contribution in [0.25, 0.3) is 11.3 Å². The number of esters is 1. The van der Waals surface area contributed by atoms with E-state index in [1.54, 1.807) is 13.2 Å². The monoisotopic (exact) mass is 232 g/mol. The van der Waals surface area contributed by atoms with Gasteiger partial charge in [-0.25, -0.2) is 4.79 Å². The highest BCUT2D eigenvalue weighted by molar-refractivity contribution is 5.90. The number of carbonyl (C=O) groups excluding carboxylic acids is 1. The smallest absolute Gasteiger partial charge is 0.341 e. The lowest BCUT2D eigenvalue weighted by molar-refractivity contribution is 0.0600. The Morgan fingerprint density at radius 2 is 1.88 bits per heavy atom. The predicted octanol–water partition coefficient (Wildman–Crippen LogP) is 2.74. The molecule has 0 aliphatic carbocycles. The molecule has 0 N–H and O–H groups in total. The van der Waals surface area contributed by atoms with Gasteiger partial charge in [-0.15, -0.1) is 0 Å². The molecule has 0 fully saturated rings. The molecule has 1 heterocycles. The largest absolute Gasteiger partial charge is 0.497 e. The number of hydrogen-bond acceptors (Lipinski definition) is 4. The van der Waals surface area contributed by atoms with Crippen molar-refractivity contribution < 1.29 is 18.7 Å². The number of ether oxygens (including phenoxy) is 2. The molecule has 2 rings (SSSR count). The van der Waals surface area contributed by atoms with E-state index in [1.807, 2.05) is 24.3 Å². The topological polar surface area (TPSA) is 48.7 Å². The van der Waals surface area contributed by atoms with Crippen LogP contribution in [-0.2, 0) is 4.74 Å². The summed E-state index contributed by atoms with van der Waals surface area (Å²) in [6.45, 7) is 0. The molecule has 1 aromatic heterocycles. The van der Waals surface area contributed by atoms with E-state index in [9.17, 15) is 4.79 Å². The lowest BCUT2D eigenvalue weighted by Crippen LogP contribution is -1.98. The van der Waals surface area contributed by atoms with Gasteiger partial charge in [0.05, 0.1) is 19.8 Å². The molecule has 4 nitrogen and oxygen atoms in total. The fourth-order valence-electron chi connectivity index (χ4n) is 1.47. The molecule has 2 aromatic rings. The molecule has 0 atom stereocenters. The summed E-state index contributed by atoms with van der Waals surface area (Å²) in [5, 5.41) is 0. The van der Waals surface area contributed by atoms with Crippen LogP contribution < -0.4 is 4.74 Å². The van der Waals surface area contributed by atoms with Gasteiger partial charge in [0.1, 0.15) is 17.8 Å². The summed E-state index contributed by atoms with van der Waals surface area (Å²) >= 11 is 0. The Bertz CT molecular complexity index is 510. The number of benzene rings is 1. The maximum atomic E-state index is 11.3. The Labute approximate surface area is 98.8 Å². The van der Waals surface area contributed by atoms with Gasteiger partial charge in [-0.05, 0) is 30.3 Å². The number of methoxy groups -OCH3 is 2. The zero-order valence-corrected chi connectivity index (χ0v) is 9.60. The van der Waals surface area contributed by atoms with Crippen LogP contribution in [0, 0.1) is 0 Å².